The Morgan fingerprint density at radius 1 is 1.00 bits per heavy atom. The predicted molar refractivity (Wildman–Crippen MR) is 102 cm³/mol. The van der Waals surface area contributed by atoms with E-state index in [1.54, 1.807) is 23.1 Å². The topological polar surface area (TPSA) is 52.7 Å². The van der Waals surface area contributed by atoms with Gasteiger partial charge in [-0.25, -0.2) is 0 Å². The molecular weight excluding hydrogens is 385 g/mol. The molecule has 8 heteroatoms. The molecule has 2 aliphatic rings. The highest BCUT2D eigenvalue weighted by molar-refractivity contribution is 6.43. The number of carbonyl (C=O) groups excluding carboxylic acids is 2. The van der Waals surface area contributed by atoms with E-state index in [1.165, 1.54) is 0 Å². The van der Waals surface area contributed by atoms with Gasteiger partial charge in [0.25, 0.3) is 5.91 Å². The Hall–Kier alpha value is -1.01. The number of hydrogen-bond donors (Lipinski definition) is 1. The molecule has 2 saturated heterocycles. The second kappa shape index (κ2) is 9.08. The highest BCUT2D eigenvalue weighted by Crippen LogP contribution is 2.27. The van der Waals surface area contributed by atoms with Crippen molar-refractivity contribution in [1.29, 1.82) is 0 Å². The summed E-state index contributed by atoms with van der Waals surface area (Å²) in [4.78, 5) is 28.8. The van der Waals surface area contributed by atoms with Gasteiger partial charge in [0.2, 0.25) is 5.91 Å². The van der Waals surface area contributed by atoms with Crippen LogP contribution in [0.25, 0.3) is 0 Å². The van der Waals surface area contributed by atoms with Crippen LogP contribution in [0.5, 0.6) is 0 Å². The molecule has 0 bridgehead atoms. The van der Waals surface area contributed by atoms with Gasteiger partial charge in [-0.1, -0.05) is 29.3 Å². The molecule has 0 radical (unpaired) electrons. The first-order valence-electron chi connectivity index (χ1n) is 8.30. The largest absolute Gasteiger partial charge is 0.339 e. The van der Waals surface area contributed by atoms with Crippen molar-refractivity contribution in [3.8, 4) is 0 Å². The zero-order valence-electron chi connectivity index (χ0n) is 13.8. The van der Waals surface area contributed by atoms with Crippen LogP contribution in [0.2, 0.25) is 10.0 Å². The second-order valence-corrected chi connectivity index (χ2v) is 7.03. The summed E-state index contributed by atoms with van der Waals surface area (Å²) in [5, 5.41) is 3.94. The summed E-state index contributed by atoms with van der Waals surface area (Å²) in [5.74, 6) is 0.219. The van der Waals surface area contributed by atoms with E-state index in [9.17, 15) is 9.59 Å². The molecule has 2 amide bonds. The number of nitrogens with zero attached hydrogens (tertiary/aromatic N) is 2. The van der Waals surface area contributed by atoms with Crippen LogP contribution in [-0.2, 0) is 4.79 Å². The van der Waals surface area contributed by atoms with Crippen LogP contribution in [-0.4, -0.2) is 60.9 Å². The molecule has 1 N–H and O–H groups in total. The fourth-order valence-electron chi connectivity index (χ4n) is 3.30. The minimum Gasteiger partial charge on any atom is -0.339 e. The molecular formula is C17H22Cl3N3O2. The van der Waals surface area contributed by atoms with Gasteiger partial charge in [-0.2, -0.15) is 0 Å². The molecule has 5 nitrogen and oxygen atoms in total. The van der Waals surface area contributed by atoms with Crippen LogP contribution in [0, 0.1) is 5.92 Å². The summed E-state index contributed by atoms with van der Waals surface area (Å²) in [5.41, 5.74) is 0.419. The van der Waals surface area contributed by atoms with Gasteiger partial charge in [-0.3, -0.25) is 9.59 Å². The molecule has 2 heterocycles. The van der Waals surface area contributed by atoms with Gasteiger partial charge in [-0.15, -0.1) is 12.4 Å². The van der Waals surface area contributed by atoms with Crippen LogP contribution in [0.3, 0.4) is 0 Å². The van der Waals surface area contributed by atoms with Crippen LogP contribution in [0.4, 0.5) is 0 Å². The van der Waals surface area contributed by atoms with Gasteiger partial charge in [0.05, 0.1) is 15.6 Å². The monoisotopic (exact) mass is 405 g/mol. The number of nitrogens with one attached hydrogen (secondary N) is 1. The molecule has 2 fully saturated rings. The Bertz CT molecular complexity index is 628. The lowest BCUT2D eigenvalue weighted by Crippen LogP contribution is -2.52. The average Bonchev–Trinajstić information content (AvgIpc) is 2.64. The maximum absolute atomic E-state index is 12.6. The number of benzene rings is 1. The standard InChI is InChI=1S/C17H21Cl2N3O2.ClH/c18-14-3-1-2-13(15(14)19)17(24)22-10-8-21(9-11-22)16(23)12-4-6-20-7-5-12;/h1-3,12,20H,4-11H2;1H. The first-order chi connectivity index (χ1) is 11.6. The Morgan fingerprint density at radius 3 is 2.24 bits per heavy atom. The van der Waals surface area contributed by atoms with Gasteiger partial charge >= 0.3 is 0 Å². The van der Waals surface area contributed by atoms with Gasteiger partial charge in [0, 0.05) is 32.1 Å². The van der Waals surface area contributed by atoms with Gasteiger partial charge in [-0.05, 0) is 38.1 Å². The average molecular weight is 407 g/mol. The van der Waals surface area contributed by atoms with E-state index >= 15 is 0 Å². The normalized spacial score (nSPS) is 18.6. The highest BCUT2D eigenvalue weighted by atomic mass is 35.5. The summed E-state index contributed by atoms with van der Waals surface area (Å²) in [6.45, 7) is 4.01. The summed E-state index contributed by atoms with van der Waals surface area (Å²) >= 11 is 12.1. The van der Waals surface area contributed by atoms with E-state index in [2.05, 4.69) is 5.32 Å². The molecule has 1 aromatic carbocycles. The number of halogens is 3. The minimum absolute atomic E-state index is 0. The maximum atomic E-state index is 12.6. The number of rotatable bonds is 2. The van der Waals surface area contributed by atoms with Crippen LogP contribution in [0.1, 0.15) is 23.2 Å². The van der Waals surface area contributed by atoms with E-state index in [1.807, 2.05) is 4.90 Å². The quantitative estimate of drug-likeness (QED) is 0.821. The van der Waals surface area contributed by atoms with E-state index in [4.69, 9.17) is 23.2 Å². The van der Waals surface area contributed by atoms with Crippen molar-refractivity contribution in [2.75, 3.05) is 39.3 Å². The van der Waals surface area contributed by atoms with Crippen molar-refractivity contribution in [1.82, 2.24) is 15.1 Å². The molecule has 0 spiro atoms. The van der Waals surface area contributed by atoms with Crippen LogP contribution in [0.15, 0.2) is 18.2 Å². The fourth-order valence-corrected chi connectivity index (χ4v) is 3.68. The summed E-state index contributed by atoms with van der Waals surface area (Å²) < 4.78 is 0. The van der Waals surface area contributed by atoms with Crippen molar-refractivity contribution in [2.45, 2.75) is 12.8 Å². The first kappa shape index (κ1) is 20.3. The minimum atomic E-state index is -0.128. The fraction of sp³-hybridized carbons (Fsp3) is 0.529. The lowest BCUT2D eigenvalue weighted by atomic mass is 9.96. The van der Waals surface area contributed by atoms with E-state index in [-0.39, 0.29) is 35.2 Å². The van der Waals surface area contributed by atoms with Gasteiger partial charge in [0.15, 0.2) is 0 Å². The zero-order chi connectivity index (χ0) is 17.1. The van der Waals surface area contributed by atoms with Crippen molar-refractivity contribution >= 4 is 47.4 Å². The van der Waals surface area contributed by atoms with Crippen molar-refractivity contribution in [3.63, 3.8) is 0 Å². The molecule has 0 atom stereocenters. The summed E-state index contributed by atoms with van der Waals surface area (Å²) in [6.07, 6.45) is 1.80. The third-order valence-electron chi connectivity index (χ3n) is 4.75. The maximum Gasteiger partial charge on any atom is 0.255 e. The van der Waals surface area contributed by atoms with Crippen LogP contribution >= 0.6 is 35.6 Å². The Morgan fingerprint density at radius 2 is 1.60 bits per heavy atom. The smallest absolute Gasteiger partial charge is 0.255 e. The molecule has 2 aliphatic heterocycles. The number of amides is 2. The van der Waals surface area contributed by atoms with E-state index in [0.29, 0.717) is 36.8 Å². The number of carbonyl (C=O) groups is 2. The lowest BCUT2D eigenvalue weighted by molar-refractivity contribution is -0.137. The molecule has 0 aromatic heterocycles. The molecule has 138 valence electrons. The number of piperazine rings is 1. The van der Waals surface area contributed by atoms with E-state index in [0.717, 1.165) is 25.9 Å². The van der Waals surface area contributed by atoms with Crippen molar-refractivity contribution < 1.29 is 9.59 Å². The van der Waals surface area contributed by atoms with Gasteiger partial charge < -0.3 is 15.1 Å². The molecule has 1 aromatic rings. The lowest BCUT2D eigenvalue weighted by Gasteiger charge is -2.37. The molecule has 25 heavy (non-hydrogen) atoms. The van der Waals surface area contributed by atoms with Crippen LogP contribution < -0.4 is 5.32 Å². The second-order valence-electron chi connectivity index (χ2n) is 6.24. The number of hydrogen-bond acceptors (Lipinski definition) is 3. The molecule has 0 unspecified atom stereocenters. The SMILES string of the molecule is Cl.O=C(c1cccc(Cl)c1Cl)N1CCN(C(=O)C2CCNCC2)CC1. The third-order valence-corrected chi connectivity index (χ3v) is 5.57. The zero-order valence-corrected chi connectivity index (χ0v) is 16.2. The molecule has 0 saturated carbocycles. The van der Waals surface area contributed by atoms with Crippen molar-refractivity contribution in [3.05, 3.63) is 33.8 Å². The first-order valence-corrected chi connectivity index (χ1v) is 9.06. The predicted octanol–water partition coefficient (Wildman–Crippen LogP) is 2.70. The highest BCUT2D eigenvalue weighted by Gasteiger charge is 2.30. The Labute approximate surface area is 164 Å². The van der Waals surface area contributed by atoms with Gasteiger partial charge in [0.1, 0.15) is 0 Å². The molecule has 0 aliphatic carbocycles. The third kappa shape index (κ3) is 4.59. The molecule has 3 rings (SSSR count). The summed E-state index contributed by atoms with van der Waals surface area (Å²) in [7, 11) is 0. The van der Waals surface area contributed by atoms with E-state index < -0.39 is 0 Å². The Balaban J connectivity index is 0.00000225. The summed E-state index contributed by atoms with van der Waals surface area (Å²) in [6, 6.07) is 5.07. The van der Waals surface area contributed by atoms with Crippen molar-refractivity contribution in [2.24, 2.45) is 5.92 Å². The number of piperidine rings is 1. The Kier molecular flexibility index (Phi) is 7.37.